The van der Waals surface area contributed by atoms with Crippen molar-refractivity contribution in [2.45, 2.75) is 26.0 Å². The highest BCUT2D eigenvalue weighted by atomic mass is 16.5. The molecule has 0 aromatic carbocycles. The molecule has 0 amide bonds. The van der Waals surface area contributed by atoms with Crippen molar-refractivity contribution in [2.24, 2.45) is 0 Å². The summed E-state index contributed by atoms with van der Waals surface area (Å²) in [5, 5.41) is 12.1. The lowest BCUT2D eigenvalue weighted by molar-refractivity contribution is -0.109. The van der Waals surface area contributed by atoms with Crippen LogP contribution >= 0.6 is 0 Å². The molecule has 0 aromatic heterocycles. The second-order valence-corrected chi connectivity index (χ2v) is 2.65. The van der Waals surface area contributed by atoms with Crippen LogP contribution in [0.5, 0.6) is 0 Å². The lowest BCUT2D eigenvalue weighted by Gasteiger charge is -2.12. The first kappa shape index (κ1) is 11.6. The van der Waals surface area contributed by atoms with E-state index < -0.39 is 6.10 Å². The van der Waals surface area contributed by atoms with Crippen molar-refractivity contribution in [3.63, 3.8) is 0 Å². The van der Waals surface area contributed by atoms with Crippen LogP contribution in [0.2, 0.25) is 0 Å². The lowest BCUT2D eigenvalue weighted by atomic mass is 10.3. The Balaban J connectivity index is 3.29. The van der Waals surface area contributed by atoms with Gasteiger partial charge in [-0.2, -0.15) is 0 Å². The van der Waals surface area contributed by atoms with Gasteiger partial charge in [-0.15, -0.1) is 0 Å². The highest BCUT2D eigenvalue weighted by molar-refractivity contribution is 5.56. The fourth-order valence-electron chi connectivity index (χ4n) is 0.683. The Morgan fingerprint density at radius 3 is 2.83 bits per heavy atom. The summed E-state index contributed by atoms with van der Waals surface area (Å²) in [7, 11) is 0. The molecule has 0 aliphatic rings. The fraction of sp³-hybridized carbons (Fsp3) is 0.875. The lowest BCUT2D eigenvalue weighted by Crippen LogP contribution is -2.36. The van der Waals surface area contributed by atoms with Crippen molar-refractivity contribution in [1.82, 2.24) is 5.32 Å². The Kier molecular flexibility index (Phi) is 6.94. The molecule has 0 aliphatic heterocycles. The van der Waals surface area contributed by atoms with E-state index in [1.807, 2.05) is 6.92 Å². The topological polar surface area (TPSA) is 58.6 Å². The number of hydrogen-bond acceptors (Lipinski definition) is 4. The Labute approximate surface area is 72.9 Å². The maximum atomic E-state index is 10.2. The molecule has 0 spiro atoms. The van der Waals surface area contributed by atoms with E-state index in [-0.39, 0.29) is 6.04 Å². The standard InChI is InChI=1S/C8H17NO3/c1-3-12-6-8(11)4-9-7(2)5-10/h5,7-9,11H,3-4,6H2,1-2H3. The number of rotatable bonds is 7. The number of carbonyl (C=O) groups excluding carboxylic acids is 1. The van der Waals surface area contributed by atoms with Crippen molar-refractivity contribution in [1.29, 1.82) is 0 Å². The van der Waals surface area contributed by atoms with E-state index in [0.29, 0.717) is 19.8 Å². The number of hydrogen-bond donors (Lipinski definition) is 2. The van der Waals surface area contributed by atoms with E-state index in [0.717, 1.165) is 6.29 Å². The Morgan fingerprint density at radius 2 is 2.33 bits per heavy atom. The zero-order valence-electron chi connectivity index (χ0n) is 7.62. The molecule has 0 bridgehead atoms. The van der Waals surface area contributed by atoms with Gasteiger partial charge in [-0.25, -0.2) is 0 Å². The second-order valence-electron chi connectivity index (χ2n) is 2.65. The SMILES string of the molecule is CCOCC(O)CNC(C)C=O. The van der Waals surface area contributed by atoms with E-state index in [2.05, 4.69) is 5.32 Å². The normalized spacial score (nSPS) is 15.6. The Morgan fingerprint density at radius 1 is 1.67 bits per heavy atom. The first-order chi connectivity index (χ1) is 5.70. The summed E-state index contributed by atoms with van der Waals surface area (Å²) < 4.78 is 4.98. The third kappa shape index (κ3) is 6.27. The molecule has 0 radical (unpaired) electrons. The van der Waals surface area contributed by atoms with Gasteiger partial charge >= 0.3 is 0 Å². The number of aldehydes is 1. The molecule has 0 saturated carbocycles. The minimum atomic E-state index is -0.535. The molecule has 2 unspecified atom stereocenters. The first-order valence-corrected chi connectivity index (χ1v) is 4.15. The van der Waals surface area contributed by atoms with Crippen molar-refractivity contribution in [2.75, 3.05) is 19.8 Å². The van der Waals surface area contributed by atoms with Gasteiger partial charge in [0, 0.05) is 13.2 Å². The molecule has 4 nitrogen and oxygen atoms in total. The average Bonchev–Trinajstić information content (AvgIpc) is 2.10. The minimum Gasteiger partial charge on any atom is -0.389 e. The minimum absolute atomic E-state index is 0.207. The van der Waals surface area contributed by atoms with Gasteiger partial charge in [-0.1, -0.05) is 0 Å². The maximum Gasteiger partial charge on any atom is 0.136 e. The molecule has 0 aromatic rings. The van der Waals surface area contributed by atoms with Crippen molar-refractivity contribution in [3.8, 4) is 0 Å². The van der Waals surface area contributed by atoms with Gasteiger partial charge in [0.1, 0.15) is 6.29 Å². The number of nitrogens with one attached hydrogen (secondary N) is 1. The Bertz CT molecular complexity index is 119. The van der Waals surface area contributed by atoms with E-state index in [4.69, 9.17) is 4.74 Å². The van der Waals surface area contributed by atoms with Gasteiger partial charge in [0.15, 0.2) is 0 Å². The molecule has 12 heavy (non-hydrogen) atoms. The van der Waals surface area contributed by atoms with E-state index in [9.17, 15) is 9.90 Å². The molecule has 0 aliphatic carbocycles. The van der Waals surface area contributed by atoms with Crippen LogP contribution in [-0.4, -0.2) is 43.3 Å². The first-order valence-electron chi connectivity index (χ1n) is 4.15. The van der Waals surface area contributed by atoms with Crippen LogP contribution in [0.1, 0.15) is 13.8 Å². The second kappa shape index (κ2) is 7.21. The predicted octanol–water partition coefficient (Wildman–Crippen LogP) is -0.439. The zero-order chi connectivity index (χ0) is 9.40. The van der Waals surface area contributed by atoms with Gasteiger partial charge in [-0.05, 0) is 13.8 Å². The van der Waals surface area contributed by atoms with E-state index in [1.54, 1.807) is 6.92 Å². The summed E-state index contributed by atoms with van der Waals surface area (Å²) in [6.45, 7) is 4.91. The number of ether oxygens (including phenoxy) is 1. The average molecular weight is 175 g/mol. The largest absolute Gasteiger partial charge is 0.389 e. The van der Waals surface area contributed by atoms with Crippen LogP contribution in [0.3, 0.4) is 0 Å². The molecular formula is C8H17NO3. The van der Waals surface area contributed by atoms with E-state index in [1.165, 1.54) is 0 Å². The van der Waals surface area contributed by atoms with Crippen LogP contribution in [0.4, 0.5) is 0 Å². The van der Waals surface area contributed by atoms with Crippen molar-refractivity contribution in [3.05, 3.63) is 0 Å². The summed E-state index contributed by atoms with van der Waals surface area (Å²) in [4.78, 5) is 10.2. The molecule has 0 heterocycles. The zero-order valence-corrected chi connectivity index (χ0v) is 7.62. The monoisotopic (exact) mass is 175 g/mol. The van der Waals surface area contributed by atoms with Crippen LogP contribution in [0.25, 0.3) is 0 Å². The summed E-state index contributed by atoms with van der Waals surface area (Å²) in [6, 6.07) is -0.207. The van der Waals surface area contributed by atoms with Gasteiger partial charge in [0.2, 0.25) is 0 Å². The number of aliphatic hydroxyl groups excluding tert-OH is 1. The smallest absolute Gasteiger partial charge is 0.136 e. The molecular weight excluding hydrogens is 158 g/mol. The molecule has 2 atom stereocenters. The third-order valence-corrected chi connectivity index (χ3v) is 1.39. The third-order valence-electron chi connectivity index (χ3n) is 1.39. The van der Waals surface area contributed by atoms with Gasteiger partial charge in [-0.3, -0.25) is 0 Å². The van der Waals surface area contributed by atoms with Crippen molar-refractivity contribution < 1.29 is 14.6 Å². The van der Waals surface area contributed by atoms with Gasteiger partial charge < -0.3 is 20.0 Å². The number of carbonyl (C=O) groups is 1. The van der Waals surface area contributed by atoms with E-state index >= 15 is 0 Å². The van der Waals surface area contributed by atoms with Crippen LogP contribution in [0, 0.1) is 0 Å². The Hall–Kier alpha value is -0.450. The van der Waals surface area contributed by atoms with Gasteiger partial charge in [0.05, 0.1) is 18.8 Å². The number of aliphatic hydroxyl groups is 1. The molecule has 2 N–H and O–H groups in total. The van der Waals surface area contributed by atoms with Crippen LogP contribution in [0.15, 0.2) is 0 Å². The van der Waals surface area contributed by atoms with Crippen LogP contribution in [-0.2, 0) is 9.53 Å². The highest BCUT2D eigenvalue weighted by Crippen LogP contribution is 1.84. The van der Waals surface area contributed by atoms with Gasteiger partial charge in [0.25, 0.3) is 0 Å². The quantitative estimate of drug-likeness (QED) is 0.515. The summed E-state index contributed by atoms with van der Waals surface area (Å²) >= 11 is 0. The summed E-state index contributed by atoms with van der Waals surface area (Å²) in [5.74, 6) is 0. The van der Waals surface area contributed by atoms with Crippen molar-refractivity contribution >= 4 is 6.29 Å². The molecule has 0 rings (SSSR count). The van der Waals surface area contributed by atoms with Crippen LogP contribution < -0.4 is 5.32 Å². The molecule has 0 fully saturated rings. The highest BCUT2D eigenvalue weighted by Gasteiger charge is 2.05. The summed E-state index contributed by atoms with van der Waals surface area (Å²) in [5.41, 5.74) is 0. The molecule has 0 saturated heterocycles. The predicted molar refractivity (Wildman–Crippen MR) is 46.0 cm³/mol. The molecule has 4 heteroatoms. The summed E-state index contributed by atoms with van der Waals surface area (Å²) in [6.07, 6.45) is 0.264. The molecule has 72 valence electrons. The maximum absolute atomic E-state index is 10.2. The fourth-order valence-corrected chi connectivity index (χ4v) is 0.683.